The first-order valence-electron chi connectivity index (χ1n) is 5.37. The third-order valence-corrected chi connectivity index (χ3v) is 2.17. The highest BCUT2D eigenvalue weighted by molar-refractivity contribution is 5.75. The Labute approximate surface area is 110 Å². The summed E-state index contributed by atoms with van der Waals surface area (Å²) >= 11 is 0. The van der Waals surface area contributed by atoms with Gasteiger partial charge in [-0.25, -0.2) is 13.2 Å². The highest BCUT2D eigenvalue weighted by Gasteiger charge is 2.28. The smallest absolute Gasteiger partial charge is 0.326 e. The van der Waals surface area contributed by atoms with Crippen LogP contribution in [0, 0.1) is 29.1 Å². The summed E-state index contributed by atoms with van der Waals surface area (Å²) in [5, 5.41) is 0. The summed E-state index contributed by atoms with van der Waals surface area (Å²) in [5.74, 6) is -13.3. The van der Waals surface area contributed by atoms with Crippen LogP contribution in [0.25, 0.3) is 0 Å². The molecule has 2 N–H and O–H groups in total. The van der Waals surface area contributed by atoms with Gasteiger partial charge in [0.05, 0.1) is 6.61 Å². The molecule has 0 aliphatic carbocycles. The first-order valence-corrected chi connectivity index (χ1v) is 5.37. The van der Waals surface area contributed by atoms with Crippen molar-refractivity contribution in [1.29, 1.82) is 0 Å². The van der Waals surface area contributed by atoms with Crippen molar-refractivity contribution in [3.8, 4) is 5.75 Å². The molecule has 1 aromatic rings. The van der Waals surface area contributed by atoms with Gasteiger partial charge in [0.2, 0.25) is 29.1 Å². The van der Waals surface area contributed by atoms with Crippen LogP contribution in [-0.4, -0.2) is 25.2 Å². The molecule has 0 saturated carbocycles. The minimum absolute atomic E-state index is 0.00899. The zero-order valence-corrected chi connectivity index (χ0v) is 10.2. The summed E-state index contributed by atoms with van der Waals surface area (Å²) in [6.07, 6.45) is 0. The normalized spacial score (nSPS) is 12.2. The summed E-state index contributed by atoms with van der Waals surface area (Å²) in [5.41, 5.74) is 5.25. The molecule has 0 bridgehead atoms. The summed E-state index contributed by atoms with van der Waals surface area (Å²) in [6, 6.07) is -1.43. The van der Waals surface area contributed by atoms with Gasteiger partial charge in [-0.15, -0.1) is 0 Å². The number of nitrogens with two attached hydrogens (primary N) is 1. The number of ether oxygens (including phenoxy) is 2. The van der Waals surface area contributed by atoms with Crippen LogP contribution < -0.4 is 10.5 Å². The number of esters is 1. The number of rotatable bonds is 5. The lowest BCUT2D eigenvalue weighted by molar-refractivity contribution is -0.145. The van der Waals surface area contributed by atoms with E-state index in [0.717, 1.165) is 0 Å². The van der Waals surface area contributed by atoms with Crippen LogP contribution in [0.5, 0.6) is 5.75 Å². The molecule has 1 atom stereocenters. The minimum atomic E-state index is -2.30. The molecule has 0 amide bonds. The van der Waals surface area contributed by atoms with Crippen LogP contribution in [-0.2, 0) is 9.53 Å². The van der Waals surface area contributed by atoms with E-state index >= 15 is 0 Å². The molecule has 112 valence electrons. The lowest BCUT2D eigenvalue weighted by Gasteiger charge is -2.13. The number of halogens is 5. The van der Waals surface area contributed by atoms with E-state index < -0.39 is 53.5 Å². The van der Waals surface area contributed by atoms with Crippen LogP contribution in [0.2, 0.25) is 0 Å². The maximum atomic E-state index is 13.2. The number of carbonyl (C=O) groups excluding carboxylic acids is 1. The van der Waals surface area contributed by atoms with E-state index in [1.807, 2.05) is 0 Å². The van der Waals surface area contributed by atoms with Crippen LogP contribution in [0.15, 0.2) is 0 Å². The first-order chi connectivity index (χ1) is 9.31. The largest absolute Gasteiger partial charge is 0.485 e. The lowest BCUT2D eigenvalue weighted by Crippen LogP contribution is -2.38. The monoisotopic (exact) mass is 299 g/mol. The average molecular weight is 299 g/mol. The fourth-order valence-corrected chi connectivity index (χ4v) is 1.20. The van der Waals surface area contributed by atoms with E-state index in [2.05, 4.69) is 9.47 Å². The van der Waals surface area contributed by atoms with Gasteiger partial charge in [-0.2, -0.15) is 8.78 Å². The van der Waals surface area contributed by atoms with Gasteiger partial charge in [0.25, 0.3) is 0 Å². The standard InChI is InChI=1S/C11H10F5NO3/c1-2-19-11(18)4(17)3-20-10-8(15)6(13)5(12)7(14)9(10)16/h4H,2-3,17H2,1H3. The van der Waals surface area contributed by atoms with Crippen molar-refractivity contribution in [3.05, 3.63) is 29.1 Å². The molecule has 20 heavy (non-hydrogen) atoms. The van der Waals surface area contributed by atoms with Crippen LogP contribution in [0.4, 0.5) is 22.0 Å². The van der Waals surface area contributed by atoms with Crippen molar-refractivity contribution in [2.24, 2.45) is 5.73 Å². The maximum absolute atomic E-state index is 13.2. The zero-order chi connectivity index (χ0) is 15.4. The molecular weight excluding hydrogens is 289 g/mol. The number of benzene rings is 1. The minimum Gasteiger partial charge on any atom is -0.485 e. The molecule has 1 unspecified atom stereocenters. The molecule has 0 saturated heterocycles. The second kappa shape index (κ2) is 6.51. The third kappa shape index (κ3) is 3.16. The quantitative estimate of drug-likeness (QED) is 0.389. The Bertz CT molecular complexity index is 494. The fourth-order valence-electron chi connectivity index (χ4n) is 1.20. The van der Waals surface area contributed by atoms with Crippen molar-refractivity contribution in [2.75, 3.05) is 13.2 Å². The Morgan fingerprint density at radius 2 is 1.50 bits per heavy atom. The molecule has 1 aromatic carbocycles. The molecule has 0 aliphatic heterocycles. The topological polar surface area (TPSA) is 61.5 Å². The van der Waals surface area contributed by atoms with Gasteiger partial charge >= 0.3 is 5.97 Å². The number of hydrogen-bond acceptors (Lipinski definition) is 4. The zero-order valence-electron chi connectivity index (χ0n) is 10.2. The summed E-state index contributed by atoms with van der Waals surface area (Å²) in [4.78, 5) is 11.1. The van der Waals surface area contributed by atoms with Crippen molar-refractivity contribution in [2.45, 2.75) is 13.0 Å². The lowest BCUT2D eigenvalue weighted by atomic mass is 10.2. The number of carbonyl (C=O) groups is 1. The second-order valence-corrected chi connectivity index (χ2v) is 3.57. The Morgan fingerprint density at radius 1 is 1.05 bits per heavy atom. The Hall–Kier alpha value is -1.90. The molecule has 0 heterocycles. The maximum Gasteiger partial charge on any atom is 0.326 e. The van der Waals surface area contributed by atoms with Gasteiger partial charge in [-0.3, -0.25) is 4.79 Å². The molecule has 0 aliphatic rings. The average Bonchev–Trinajstić information content (AvgIpc) is 2.43. The molecule has 9 heteroatoms. The van der Waals surface area contributed by atoms with Crippen molar-refractivity contribution in [3.63, 3.8) is 0 Å². The Kier molecular flexibility index (Phi) is 5.26. The molecule has 1 rings (SSSR count). The van der Waals surface area contributed by atoms with E-state index in [-0.39, 0.29) is 6.61 Å². The Balaban J connectivity index is 2.92. The van der Waals surface area contributed by atoms with Gasteiger partial charge in [0.1, 0.15) is 12.6 Å². The molecule has 0 spiro atoms. The predicted octanol–water partition coefficient (Wildman–Crippen LogP) is 1.65. The SMILES string of the molecule is CCOC(=O)C(N)COc1c(F)c(F)c(F)c(F)c1F. The third-order valence-electron chi connectivity index (χ3n) is 2.17. The van der Waals surface area contributed by atoms with E-state index in [1.54, 1.807) is 0 Å². The highest BCUT2D eigenvalue weighted by Crippen LogP contribution is 2.29. The van der Waals surface area contributed by atoms with E-state index in [0.29, 0.717) is 0 Å². The summed E-state index contributed by atoms with van der Waals surface area (Å²) < 4.78 is 73.7. The van der Waals surface area contributed by atoms with Crippen molar-refractivity contribution >= 4 is 5.97 Å². The predicted molar refractivity (Wildman–Crippen MR) is 56.3 cm³/mol. The molecule has 0 fully saturated rings. The van der Waals surface area contributed by atoms with E-state index in [4.69, 9.17) is 5.73 Å². The molecule has 0 aromatic heterocycles. The van der Waals surface area contributed by atoms with Crippen molar-refractivity contribution in [1.82, 2.24) is 0 Å². The number of hydrogen-bond donors (Lipinski definition) is 1. The first kappa shape index (κ1) is 16.2. The van der Waals surface area contributed by atoms with Crippen LogP contribution in [0.1, 0.15) is 6.92 Å². The molecular formula is C11H10F5NO3. The van der Waals surface area contributed by atoms with Gasteiger partial charge in [0, 0.05) is 0 Å². The Morgan fingerprint density at radius 3 is 1.95 bits per heavy atom. The van der Waals surface area contributed by atoms with Crippen molar-refractivity contribution < 1.29 is 36.2 Å². The summed E-state index contributed by atoms with van der Waals surface area (Å²) in [7, 11) is 0. The van der Waals surface area contributed by atoms with Gasteiger partial charge in [-0.1, -0.05) is 0 Å². The van der Waals surface area contributed by atoms with Crippen LogP contribution >= 0.6 is 0 Å². The van der Waals surface area contributed by atoms with E-state index in [1.165, 1.54) is 6.92 Å². The molecule has 0 radical (unpaired) electrons. The summed E-state index contributed by atoms with van der Waals surface area (Å²) in [6.45, 7) is 0.696. The second-order valence-electron chi connectivity index (χ2n) is 3.57. The fraction of sp³-hybridized carbons (Fsp3) is 0.364. The molecule has 4 nitrogen and oxygen atoms in total. The van der Waals surface area contributed by atoms with Crippen LogP contribution in [0.3, 0.4) is 0 Å². The van der Waals surface area contributed by atoms with Gasteiger partial charge in [-0.05, 0) is 6.92 Å². The highest BCUT2D eigenvalue weighted by atomic mass is 19.2. The van der Waals surface area contributed by atoms with Gasteiger partial charge < -0.3 is 15.2 Å². The van der Waals surface area contributed by atoms with E-state index in [9.17, 15) is 26.7 Å². The van der Waals surface area contributed by atoms with Gasteiger partial charge in [0.15, 0.2) is 5.75 Å².